The highest BCUT2D eigenvalue weighted by molar-refractivity contribution is 7.22. The average molecular weight is 156 g/mol. The van der Waals surface area contributed by atoms with Gasteiger partial charge in [0.2, 0.25) is 0 Å². The van der Waals surface area contributed by atoms with Gasteiger partial charge in [0, 0.05) is 0 Å². The Balaban J connectivity index is 3.22. The molecule has 9 heavy (non-hydrogen) atoms. The van der Waals surface area contributed by atoms with Crippen molar-refractivity contribution in [2.24, 2.45) is 0 Å². The van der Waals surface area contributed by atoms with Gasteiger partial charge >= 0.3 is 8.88 Å². The predicted molar refractivity (Wildman–Crippen MR) is 31.0 cm³/mol. The molecule has 2 N–H and O–H groups in total. The number of quaternary nitrogens is 2. The summed E-state index contributed by atoms with van der Waals surface area (Å²) in [7, 11) is 1.90. The molecule has 0 radical (unpaired) electrons. The Morgan fingerprint density at radius 1 is 1.11 bits per heavy atom. The van der Waals surface area contributed by atoms with Crippen LogP contribution in [0.25, 0.3) is 0 Å². The molecule has 2 unspecified atom stereocenters. The second-order valence-corrected chi connectivity index (χ2v) is 2.17. The number of hydrogen-bond donors (Lipinski definition) is 2. The van der Waals surface area contributed by atoms with Crippen LogP contribution in [-0.2, 0) is 9.68 Å². The summed E-state index contributed by atoms with van der Waals surface area (Å²) in [5, 5.41) is 20.5. The summed E-state index contributed by atoms with van der Waals surface area (Å²) >= 11 is 0. The lowest BCUT2D eigenvalue weighted by Gasteiger charge is -2.20. The van der Waals surface area contributed by atoms with E-state index < -0.39 is 18.9 Å². The molecule has 0 spiro atoms. The molecule has 0 saturated carbocycles. The van der Waals surface area contributed by atoms with Crippen molar-refractivity contribution in [2.75, 3.05) is 14.2 Å². The molecule has 2 atom stereocenters. The van der Waals surface area contributed by atoms with Gasteiger partial charge in [-0.15, -0.1) is 0 Å². The molecule has 0 aliphatic rings. The van der Waals surface area contributed by atoms with Crippen LogP contribution in [-0.4, -0.2) is 14.2 Å². The van der Waals surface area contributed by atoms with Crippen LogP contribution in [0.5, 0.6) is 0 Å². The summed E-state index contributed by atoms with van der Waals surface area (Å²) < 4.78 is 0. The van der Waals surface area contributed by atoms with Crippen molar-refractivity contribution >= 4 is 8.88 Å². The van der Waals surface area contributed by atoms with Crippen LogP contribution < -0.4 is 9.99 Å². The maximum Gasteiger partial charge on any atom is 0.374 e. The first-order valence-corrected chi connectivity index (χ1v) is 3.13. The molecule has 0 aromatic heterocycles. The van der Waals surface area contributed by atoms with E-state index >= 15 is 0 Å². The fourth-order valence-electron chi connectivity index (χ4n) is 0.185. The molecule has 0 aromatic rings. The van der Waals surface area contributed by atoms with Crippen molar-refractivity contribution in [3.63, 3.8) is 0 Å². The lowest BCUT2D eigenvalue weighted by Crippen LogP contribution is -3.13. The van der Waals surface area contributed by atoms with E-state index in [0.717, 1.165) is 0 Å². The number of nitrogens with one attached hydrogen (secondary N) is 2. The van der Waals surface area contributed by atoms with Gasteiger partial charge < -0.3 is 10.4 Å². The summed E-state index contributed by atoms with van der Waals surface area (Å²) in [6.45, 7) is 0. The van der Waals surface area contributed by atoms with E-state index in [9.17, 15) is 10.4 Å². The molecule has 56 valence electrons. The van der Waals surface area contributed by atoms with Crippen LogP contribution in [0.1, 0.15) is 0 Å². The van der Waals surface area contributed by atoms with Crippen molar-refractivity contribution in [2.45, 2.75) is 0 Å². The van der Waals surface area contributed by atoms with Gasteiger partial charge in [0.1, 0.15) is 0 Å². The Labute approximate surface area is 54.3 Å². The van der Waals surface area contributed by atoms with Crippen LogP contribution in [0.3, 0.4) is 0 Å². The molecule has 0 aliphatic carbocycles. The monoisotopic (exact) mass is 156 g/mol. The molecule has 0 heterocycles. The van der Waals surface area contributed by atoms with Crippen LogP contribution in [0.2, 0.25) is 0 Å². The third kappa shape index (κ3) is 4.68. The lowest BCUT2D eigenvalue weighted by molar-refractivity contribution is -1.02. The largest absolute Gasteiger partial charge is 0.595 e. The van der Waals surface area contributed by atoms with Crippen molar-refractivity contribution in [3.8, 4) is 0 Å². The van der Waals surface area contributed by atoms with E-state index in [-0.39, 0.29) is 0 Å². The van der Waals surface area contributed by atoms with Gasteiger partial charge in [-0.3, -0.25) is 0 Å². The predicted octanol–water partition coefficient (Wildman–Crippen LogP) is -2.62. The van der Waals surface area contributed by atoms with Gasteiger partial charge in [-0.25, -0.2) is 9.68 Å². The highest BCUT2D eigenvalue weighted by Gasteiger charge is 2.03. The Morgan fingerprint density at radius 2 is 1.44 bits per heavy atom. The molecule has 0 fully saturated rings. The molecule has 0 bridgehead atoms. The lowest BCUT2D eigenvalue weighted by atomic mass is 11.7. The fraction of sp³-hybridized carbons (Fsp3) is 1.00. The van der Waals surface area contributed by atoms with Crippen LogP contribution in [0, 0.1) is 10.4 Å². The first kappa shape index (κ1) is 9.19. The molecule has 7 heteroatoms. The van der Waals surface area contributed by atoms with E-state index in [1.807, 2.05) is 0 Å². The fourth-order valence-corrected chi connectivity index (χ4v) is 0.556. The average Bonchev–Trinajstić information content (AvgIpc) is 1.87. The van der Waals surface area contributed by atoms with Crippen LogP contribution >= 0.6 is 8.88 Å². The Kier molecular flexibility index (Phi) is 5.12. The maximum atomic E-state index is 10.3. The molecular formula is C2H9N2O4P. The molecule has 0 amide bonds. The second-order valence-electron chi connectivity index (χ2n) is 1.11. The van der Waals surface area contributed by atoms with Gasteiger partial charge in [0.05, 0.1) is 14.2 Å². The van der Waals surface area contributed by atoms with Gasteiger partial charge in [-0.1, -0.05) is 0 Å². The van der Waals surface area contributed by atoms with E-state index in [1.54, 1.807) is 0 Å². The van der Waals surface area contributed by atoms with E-state index in [4.69, 9.17) is 0 Å². The molecule has 0 aliphatic heterocycles. The molecule has 0 saturated heterocycles. The Bertz CT molecular complexity index is 65.6. The van der Waals surface area contributed by atoms with Crippen molar-refractivity contribution < 1.29 is 19.7 Å². The van der Waals surface area contributed by atoms with Crippen molar-refractivity contribution in [3.05, 3.63) is 10.4 Å². The summed E-state index contributed by atoms with van der Waals surface area (Å²) in [6.07, 6.45) is 0. The normalized spacial score (nSPS) is 18.7. The summed E-state index contributed by atoms with van der Waals surface area (Å²) in [4.78, 5) is 7.28. The maximum absolute atomic E-state index is 10.3. The topological polar surface area (TPSA) is 73.5 Å². The number of hydrogen-bond acceptors (Lipinski definition) is 4. The van der Waals surface area contributed by atoms with Gasteiger partial charge in [0.15, 0.2) is 0 Å². The Hall–Kier alpha value is 0.190. The summed E-state index contributed by atoms with van der Waals surface area (Å²) in [5.41, 5.74) is 0. The minimum atomic E-state index is -0.554. The zero-order chi connectivity index (χ0) is 7.28. The second kappa shape index (κ2) is 5.01. The standard InChI is InChI=1S/C2H9N2O4P/c1-7-3(5)9-4(6)8-2/h3-4,9H,1-2H3. The van der Waals surface area contributed by atoms with Gasteiger partial charge in [-0.2, -0.15) is 9.99 Å². The van der Waals surface area contributed by atoms with E-state index in [0.29, 0.717) is 0 Å². The van der Waals surface area contributed by atoms with Gasteiger partial charge in [-0.05, 0) is 0 Å². The molecule has 0 aromatic carbocycles. The summed E-state index contributed by atoms with van der Waals surface area (Å²) in [5.74, 6) is 0. The third-order valence-corrected chi connectivity index (χ3v) is 1.39. The SMILES string of the molecule is CO[NH+]([O-])P[NH+]([O-])OC. The van der Waals surface area contributed by atoms with Gasteiger partial charge in [0.25, 0.3) is 0 Å². The first-order chi connectivity index (χ1) is 4.20. The first-order valence-electron chi connectivity index (χ1n) is 2.13. The summed E-state index contributed by atoms with van der Waals surface area (Å²) in [6, 6.07) is 0. The minimum absolute atomic E-state index is 0.542. The van der Waals surface area contributed by atoms with Crippen LogP contribution in [0.4, 0.5) is 0 Å². The zero-order valence-electron chi connectivity index (χ0n) is 5.13. The Morgan fingerprint density at radius 3 is 1.67 bits per heavy atom. The molecule has 6 nitrogen and oxygen atoms in total. The van der Waals surface area contributed by atoms with Crippen LogP contribution in [0.15, 0.2) is 0 Å². The quantitative estimate of drug-likeness (QED) is 0.345. The van der Waals surface area contributed by atoms with Crippen molar-refractivity contribution in [1.29, 1.82) is 0 Å². The zero-order valence-corrected chi connectivity index (χ0v) is 6.13. The van der Waals surface area contributed by atoms with E-state index in [1.165, 1.54) is 14.2 Å². The van der Waals surface area contributed by atoms with Crippen molar-refractivity contribution in [1.82, 2.24) is 0 Å². The highest BCUT2D eigenvalue weighted by Crippen LogP contribution is 1.73. The third-order valence-electron chi connectivity index (χ3n) is 0.575. The smallest absolute Gasteiger partial charge is 0.374 e. The molecular weight excluding hydrogens is 147 g/mol. The highest BCUT2D eigenvalue weighted by atomic mass is 31.1. The number of rotatable bonds is 4. The minimum Gasteiger partial charge on any atom is -0.595 e. The van der Waals surface area contributed by atoms with E-state index in [2.05, 4.69) is 9.68 Å². The molecule has 0 rings (SSSR count).